The Morgan fingerprint density at radius 2 is 2.00 bits per heavy atom. The molecule has 2 aliphatic rings. The van der Waals surface area contributed by atoms with Crippen molar-refractivity contribution in [1.29, 1.82) is 0 Å². The zero-order valence-corrected chi connectivity index (χ0v) is 19.5. The summed E-state index contributed by atoms with van der Waals surface area (Å²) in [5, 5.41) is 20.6. The SMILES string of the molecule is O=C(O)c1cn(C2CC2)c2cc(N3CCCC[C@@H](N=Cc4cccc([N+](=O)[O-])c4)C3)c(F)cc2c1=O. The number of hydrogen-bond acceptors (Lipinski definition) is 6. The van der Waals surface area contributed by atoms with E-state index in [1.54, 1.807) is 29.0 Å². The van der Waals surface area contributed by atoms with Gasteiger partial charge in [0.25, 0.3) is 5.69 Å². The summed E-state index contributed by atoms with van der Waals surface area (Å²) in [6.07, 6.45) is 7.29. The van der Waals surface area contributed by atoms with Crippen molar-refractivity contribution in [2.24, 2.45) is 4.99 Å². The maximum atomic E-state index is 15.4. The third kappa shape index (κ3) is 4.71. The Morgan fingerprint density at radius 3 is 2.72 bits per heavy atom. The quantitative estimate of drug-likeness (QED) is 0.306. The minimum absolute atomic E-state index is 0.00700. The van der Waals surface area contributed by atoms with Crippen molar-refractivity contribution in [3.05, 3.63) is 79.9 Å². The van der Waals surface area contributed by atoms with Crippen LogP contribution in [0.3, 0.4) is 0 Å². The molecular weight excluding hydrogens is 467 g/mol. The van der Waals surface area contributed by atoms with E-state index >= 15 is 4.39 Å². The van der Waals surface area contributed by atoms with E-state index in [9.17, 15) is 24.8 Å². The van der Waals surface area contributed by atoms with E-state index in [0.29, 0.717) is 29.9 Å². The Labute approximate surface area is 205 Å². The van der Waals surface area contributed by atoms with Crippen molar-refractivity contribution in [3.8, 4) is 0 Å². The third-order valence-corrected chi connectivity index (χ3v) is 6.77. The van der Waals surface area contributed by atoms with Gasteiger partial charge < -0.3 is 14.6 Å². The molecule has 10 heteroatoms. The van der Waals surface area contributed by atoms with Gasteiger partial charge in [0.2, 0.25) is 5.43 Å². The predicted octanol–water partition coefficient (Wildman–Crippen LogP) is 4.56. The minimum atomic E-state index is -1.32. The van der Waals surface area contributed by atoms with Crippen LogP contribution in [0.2, 0.25) is 0 Å². The number of aromatic nitrogens is 1. The van der Waals surface area contributed by atoms with E-state index < -0.39 is 22.1 Å². The van der Waals surface area contributed by atoms with Gasteiger partial charge in [-0.05, 0) is 49.8 Å². The number of aliphatic imine (C=N–C) groups is 1. The van der Waals surface area contributed by atoms with E-state index in [0.717, 1.165) is 38.2 Å². The molecule has 2 heterocycles. The van der Waals surface area contributed by atoms with Crippen LogP contribution in [-0.2, 0) is 0 Å². The number of carboxylic acids is 1. The Kier molecular flexibility index (Phi) is 6.26. The van der Waals surface area contributed by atoms with Gasteiger partial charge in [0, 0.05) is 49.1 Å². The first-order valence-corrected chi connectivity index (χ1v) is 12.0. The molecular formula is C26H25FN4O5. The molecule has 1 saturated carbocycles. The molecule has 36 heavy (non-hydrogen) atoms. The Balaban J connectivity index is 1.48. The first kappa shape index (κ1) is 23.7. The number of hydrogen-bond donors (Lipinski definition) is 1. The van der Waals surface area contributed by atoms with E-state index in [4.69, 9.17) is 0 Å². The van der Waals surface area contributed by atoms with Crippen LogP contribution >= 0.6 is 0 Å². The summed E-state index contributed by atoms with van der Waals surface area (Å²) in [6, 6.07) is 9.02. The van der Waals surface area contributed by atoms with Crippen LogP contribution < -0.4 is 10.3 Å². The van der Waals surface area contributed by atoms with Gasteiger partial charge in [0.05, 0.1) is 22.2 Å². The normalized spacial score (nSPS) is 18.5. The number of fused-ring (bicyclic) bond motifs is 1. The lowest BCUT2D eigenvalue weighted by molar-refractivity contribution is -0.384. The molecule has 1 aliphatic heterocycles. The average molecular weight is 493 g/mol. The summed E-state index contributed by atoms with van der Waals surface area (Å²) in [5.74, 6) is -1.90. The number of carbonyl (C=O) groups is 1. The number of benzene rings is 2. The molecule has 186 valence electrons. The molecule has 1 aromatic heterocycles. The lowest BCUT2D eigenvalue weighted by Crippen LogP contribution is -2.31. The smallest absolute Gasteiger partial charge is 0.341 e. The summed E-state index contributed by atoms with van der Waals surface area (Å²) in [6.45, 7) is 1.07. The summed E-state index contributed by atoms with van der Waals surface area (Å²) in [4.78, 5) is 41.5. The standard InChI is InChI=1S/C26H25FN4O5/c27-22-11-20-23(30(18-7-8-18)15-21(25(20)32)26(33)34)12-24(22)29-9-2-1-5-17(14-29)28-13-16-4-3-6-19(10-16)31(35)36/h3-4,6,10-13,15,17-18H,1-2,5,7-9,14H2,(H,33,34)/t17-/m1/s1. The lowest BCUT2D eigenvalue weighted by atomic mass is 10.1. The summed E-state index contributed by atoms with van der Waals surface area (Å²) in [7, 11) is 0. The topological polar surface area (TPSA) is 118 Å². The van der Waals surface area contributed by atoms with Crippen LogP contribution in [0.5, 0.6) is 0 Å². The summed E-state index contributed by atoms with van der Waals surface area (Å²) < 4.78 is 17.1. The zero-order valence-electron chi connectivity index (χ0n) is 19.5. The number of non-ortho nitro benzene ring substituents is 1. The molecule has 1 N–H and O–H groups in total. The van der Waals surface area contributed by atoms with Crippen molar-refractivity contribution in [1.82, 2.24) is 4.57 Å². The summed E-state index contributed by atoms with van der Waals surface area (Å²) >= 11 is 0. The molecule has 5 rings (SSSR count). The molecule has 1 aliphatic carbocycles. The van der Waals surface area contributed by atoms with Crippen LogP contribution in [0.4, 0.5) is 15.8 Å². The fourth-order valence-corrected chi connectivity index (χ4v) is 4.78. The van der Waals surface area contributed by atoms with Crippen LogP contribution in [0.15, 0.2) is 52.4 Å². The average Bonchev–Trinajstić information content (AvgIpc) is 3.71. The molecule has 3 aromatic rings. The Morgan fingerprint density at radius 1 is 1.19 bits per heavy atom. The number of nitro groups is 1. The predicted molar refractivity (Wildman–Crippen MR) is 134 cm³/mol. The van der Waals surface area contributed by atoms with E-state index in [2.05, 4.69) is 4.99 Å². The number of rotatable bonds is 6. The van der Waals surface area contributed by atoms with Crippen molar-refractivity contribution in [2.45, 2.75) is 44.2 Å². The second kappa shape index (κ2) is 9.52. The fourth-order valence-electron chi connectivity index (χ4n) is 4.78. The number of pyridine rings is 1. The van der Waals surface area contributed by atoms with Crippen LogP contribution in [0.1, 0.15) is 54.1 Å². The van der Waals surface area contributed by atoms with Crippen LogP contribution in [-0.4, -0.2) is 45.9 Å². The van der Waals surface area contributed by atoms with E-state index in [1.807, 2.05) is 4.90 Å². The van der Waals surface area contributed by atoms with Gasteiger partial charge in [-0.2, -0.15) is 0 Å². The van der Waals surface area contributed by atoms with Crippen LogP contribution in [0.25, 0.3) is 10.9 Å². The zero-order chi connectivity index (χ0) is 25.4. The highest BCUT2D eigenvalue weighted by molar-refractivity contribution is 5.93. The number of carboxylic acid groups (broad SMARTS) is 1. The molecule has 0 unspecified atom stereocenters. The maximum absolute atomic E-state index is 15.4. The number of halogens is 1. The highest BCUT2D eigenvalue weighted by Crippen LogP contribution is 2.38. The van der Waals surface area contributed by atoms with Gasteiger partial charge in [0.1, 0.15) is 11.4 Å². The van der Waals surface area contributed by atoms with Gasteiger partial charge in [-0.15, -0.1) is 0 Å². The molecule has 2 fully saturated rings. The number of aromatic carboxylic acids is 1. The fraction of sp³-hybridized carbons (Fsp3) is 0.346. The van der Waals surface area contributed by atoms with E-state index in [1.165, 1.54) is 18.3 Å². The molecule has 1 saturated heterocycles. The largest absolute Gasteiger partial charge is 0.477 e. The van der Waals surface area contributed by atoms with Gasteiger partial charge in [-0.25, -0.2) is 9.18 Å². The second-order valence-corrected chi connectivity index (χ2v) is 9.36. The summed E-state index contributed by atoms with van der Waals surface area (Å²) in [5.41, 5.74) is 0.468. The monoisotopic (exact) mass is 492 g/mol. The maximum Gasteiger partial charge on any atom is 0.341 e. The third-order valence-electron chi connectivity index (χ3n) is 6.77. The molecule has 1 atom stereocenters. The van der Waals surface area contributed by atoms with Gasteiger partial charge in [-0.1, -0.05) is 12.1 Å². The Hall–Kier alpha value is -4.08. The van der Waals surface area contributed by atoms with Crippen LogP contribution in [0, 0.1) is 15.9 Å². The molecule has 0 radical (unpaired) electrons. The van der Waals surface area contributed by atoms with Crippen molar-refractivity contribution in [2.75, 3.05) is 18.0 Å². The Bertz CT molecular complexity index is 1450. The van der Waals surface area contributed by atoms with Gasteiger partial charge >= 0.3 is 5.97 Å². The van der Waals surface area contributed by atoms with Gasteiger partial charge in [0.15, 0.2) is 0 Å². The molecule has 2 aromatic carbocycles. The van der Waals surface area contributed by atoms with E-state index in [-0.39, 0.29) is 28.7 Å². The van der Waals surface area contributed by atoms with Gasteiger partial charge in [-0.3, -0.25) is 19.9 Å². The lowest BCUT2D eigenvalue weighted by Gasteiger charge is -2.26. The molecule has 0 spiro atoms. The van der Waals surface area contributed by atoms with Crippen molar-refractivity contribution in [3.63, 3.8) is 0 Å². The molecule has 0 bridgehead atoms. The minimum Gasteiger partial charge on any atom is -0.477 e. The highest BCUT2D eigenvalue weighted by atomic mass is 19.1. The number of nitro benzene ring substituents is 1. The number of anilines is 1. The first-order valence-electron chi connectivity index (χ1n) is 12.0. The van der Waals surface area contributed by atoms with Crippen molar-refractivity contribution >= 4 is 34.5 Å². The van der Waals surface area contributed by atoms with Crippen molar-refractivity contribution < 1.29 is 19.2 Å². The number of nitrogens with zero attached hydrogens (tertiary/aromatic N) is 4. The first-order chi connectivity index (χ1) is 17.3. The highest BCUT2D eigenvalue weighted by Gasteiger charge is 2.28. The molecule has 9 nitrogen and oxygen atoms in total. The molecule has 0 amide bonds. The second-order valence-electron chi connectivity index (χ2n) is 9.36.